The third-order valence-electron chi connectivity index (χ3n) is 1.70. The van der Waals surface area contributed by atoms with Gasteiger partial charge in [-0.2, -0.15) is 4.31 Å². The molecule has 0 aromatic carbocycles. The van der Waals surface area contributed by atoms with Crippen molar-refractivity contribution in [2.24, 2.45) is 0 Å². The quantitative estimate of drug-likeness (QED) is 0.698. The van der Waals surface area contributed by atoms with Gasteiger partial charge in [-0.05, 0) is 6.92 Å². The molecule has 1 unspecified atom stereocenters. The fourth-order valence-electron chi connectivity index (χ4n) is 1.23. The maximum atomic E-state index is 11.1. The van der Waals surface area contributed by atoms with Gasteiger partial charge >= 0.3 is 5.97 Å². The topological polar surface area (TPSA) is 74.7 Å². The third-order valence-corrected chi connectivity index (χ3v) is 3.17. The van der Waals surface area contributed by atoms with E-state index in [-0.39, 0.29) is 6.42 Å². The number of aliphatic carboxylic acids is 1. The van der Waals surface area contributed by atoms with E-state index in [9.17, 15) is 13.2 Å². The van der Waals surface area contributed by atoms with E-state index in [0.29, 0.717) is 6.54 Å². The summed E-state index contributed by atoms with van der Waals surface area (Å²) in [6.07, 6.45) is 0.912. The van der Waals surface area contributed by atoms with Crippen LogP contribution in [0.2, 0.25) is 0 Å². The molecule has 0 heterocycles. The standard InChI is InChI=1S/C7H15NO4S/c1-4-8(13(3,11)12)6(2)5-7(9)10/h6H,4-5H2,1-3H3,(H,9,10). The predicted octanol–water partition coefficient (Wildman–Crippen LogP) is 0.131. The lowest BCUT2D eigenvalue weighted by atomic mass is 10.2. The summed E-state index contributed by atoms with van der Waals surface area (Å²) in [5.74, 6) is -0.991. The Morgan fingerprint density at radius 3 is 2.23 bits per heavy atom. The lowest BCUT2D eigenvalue weighted by Gasteiger charge is -2.23. The molecule has 0 aromatic heterocycles. The van der Waals surface area contributed by atoms with Gasteiger partial charge in [-0.3, -0.25) is 4.79 Å². The number of hydrogen-bond acceptors (Lipinski definition) is 3. The maximum Gasteiger partial charge on any atom is 0.304 e. The molecule has 0 radical (unpaired) electrons. The summed E-state index contributed by atoms with van der Waals surface area (Å²) in [4.78, 5) is 10.3. The van der Waals surface area contributed by atoms with Crippen LogP contribution in [-0.4, -0.2) is 42.6 Å². The Labute approximate surface area is 78.4 Å². The molecule has 0 saturated heterocycles. The lowest BCUT2D eigenvalue weighted by Crippen LogP contribution is -2.38. The first-order chi connectivity index (χ1) is 5.79. The third kappa shape index (κ3) is 4.23. The Hall–Kier alpha value is -0.620. The van der Waals surface area contributed by atoms with Crippen LogP contribution < -0.4 is 0 Å². The molecule has 0 aliphatic rings. The van der Waals surface area contributed by atoms with E-state index in [1.54, 1.807) is 13.8 Å². The molecule has 0 spiro atoms. The zero-order chi connectivity index (χ0) is 10.6. The van der Waals surface area contributed by atoms with Crippen LogP contribution in [0.25, 0.3) is 0 Å². The molecule has 0 saturated carbocycles. The molecule has 1 atom stereocenters. The Bertz CT molecular complexity index is 272. The normalized spacial score (nSPS) is 14.5. The van der Waals surface area contributed by atoms with Crippen LogP contribution in [0.5, 0.6) is 0 Å². The van der Waals surface area contributed by atoms with Gasteiger partial charge in [0, 0.05) is 12.6 Å². The van der Waals surface area contributed by atoms with Crippen LogP contribution in [0.15, 0.2) is 0 Å². The summed E-state index contributed by atoms with van der Waals surface area (Å²) in [6.45, 7) is 3.56. The molecule has 78 valence electrons. The molecule has 0 bridgehead atoms. The van der Waals surface area contributed by atoms with E-state index in [0.717, 1.165) is 6.26 Å². The van der Waals surface area contributed by atoms with Crippen molar-refractivity contribution in [2.75, 3.05) is 12.8 Å². The summed E-state index contributed by atoms with van der Waals surface area (Å²) >= 11 is 0. The number of carboxylic acid groups (broad SMARTS) is 1. The van der Waals surface area contributed by atoms with Gasteiger partial charge in [0.2, 0.25) is 10.0 Å². The molecule has 0 aliphatic carbocycles. The van der Waals surface area contributed by atoms with Crippen molar-refractivity contribution in [3.8, 4) is 0 Å². The summed E-state index contributed by atoms with van der Waals surface area (Å²) in [7, 11) is -3.29. The molecular formula is C7H15NO4S. The summed E-state index contributed by atoms with van der Waals surface area (Å²) < 4.78 is 23.4. The smallest absolute Gasteiger partial charge is 0.304 e. The number of rotatable bonds is 5. The van der Waals surface area contributed by atoms with Crippen LogP contribution in [0.1, 0.15) is 20.3 Å². The molecule has 0 rings (SSSR count). The summed E-state index contributed by atoms with van der Waals surface area (Å²) in [5, 5.41) is 8.47. The van der Waals surface area contributed by atoms with Crippen molar-refractivity contribution in [3.05, 3.63) is 0 Å². The predicted molar refractivity (Wildman–Crippen MR) is 48.9 cm³/mol. The highest BCUT2D eigenvalue weighted by atomic mass is 32.2. The van der Waals surface area contributed by atoms with Gasteiger partial charge in [-0.25, -0.2) is 8.42 Å². The largest absolute Gasteiger partial charge is 0.481 e. The fraction of sp³-hybridized carbons (Fsp3) is 0.857. The van der Waals surface area contributed by atoms with E-state index in [1.165, 1.54) is 4.31 Å². The number of carbonyl (C=O) groups is 1. The molecule has 6 heteroatoms. The highest BCUT2D eigenvalue weighted by Gasteiger charge is 2.22. The SMILES string of the molecule is CCN(C(C)CC(=O)O)S(C)(=O)=O. The number of hydrogen-bond donors (Lipinski definition) is 1. The average molecular weight is 209 g/mol. The van der Waals surface area contributed by atoms with E-state index >= 15 is 0 Å². The van der Waals surface area contributed by atoms with Crippen molar-refractivity contribution in [3.63, 3.8) is 0 Å². The zero-order valence-electron chi connectivity index (χ0n) is 8.02. The molecular weight excluding hydrogens is 194 g/mol. The van der Waals surface area contributed by atoms with Gasteiger partial charge in [0.1, 0.15) is 0 Å². The Morgan fingerprint density at radius 2 is 2.00 bits per heavy atom. The minimum Gasteiger partial charge on any atom is -0.481 e. The highest BCUT2D eigenvalue weighted by molar-refractivity contribution is 7.88. The molecule has 0 fully saturated rings. The van der Waals surface area contributed by atoms with Crippen LogP contribution in [-0.2, 0) is 14.8 Å². The molecule has 5 nitrogen and oxygen atoms in total. The second-order valence-corrected chi connectivity index (χ2v) is 4.85. The number of nitrogens with zero attached hydrogens (tertiary/aromatic N) is 1. The second kappa shape index (κ2) is 4.57. The first kappa shape index (κ1) is 12.4. The fourth-order valence-corrected chi connectivity index (χ4v) is 2.42. The lowest BCUT2D eigenvalue weighted by molar-refractivity contribution is -0.137. The maximum absolute atomic E-state index is 11.1. The number of carboxylic acids is 1. The van der Waals surface area contributed by atoms with Crippen LogP contribution in [0, 0.1) is 0 Å². The van der Waals surface area contributed by atoms with Crippen LogP contribution in [0.4, 0.5) is 0 Å². The van der Waals surface area contributed by atoms with Gasteiger partial charge < -0.3 is 5.11 Å². The van der Waals surface area contributed by atoms with Crippen molar-refractivity contribution < 1.29 is 18.3 Å². The van der Waals surface area contributed by atoms with Gasteiger partial charge in [0.25, 0.3) is 0 Å². The van der Waals surface area contributed by atoms with E-state index < -0.39 is 22.0 Å². The Balaban J connectivity index is 4.51. The van der Waals surface area contributed by atoms with Crippen molar-refractivity contribution in [1.82, 2.24) is 4.31 Å². The molecule has 13 heavy (non-hydrogen) atoms. The van der Waals surface area contributed by atoms with Crippen molar-refractivity contribution in [1.29, 1.82) is 0 Å². The minimum absolute atomic E-state index is 0.166. The first-order valence-corrected chi connectivity index (χ1v) is 5.82. The second-order valence-electron chi connectivity index (χ2n) is 2.91. The van der Waals surface area contributed by atoms with Gasteiger partial charge in [-0.15, -0.1) is 0 Å². The average Bonchev–Trinajstić information content (AvgIpc) is 1.82. The van der Waals surface area contributed by atoms with Crippen LogP contribution >= 0.6 is 0 Å². The van der Waals surface area contributed by atoms with E-state index in [4.69, 9.17) is 5.11 Å². The zero-order valence-corrected chi connectivity index (χ0v) is 8.84. The minimum atomic E-state index is -3.29. The van der Waals surface area contributed by atoms with Crippen molar-refractivity contribution >= 4 is 16.0 Å². The van der Waals surface area contributed by atoms with Gasteiger partial charge in [0.15, 0.2) is 0 Å². The molecule has 0 aromatic rings. The monoisotopic (exact) mass is 209 g/mol. The number of sulfonamides is 1. The Morgan fingerprint density at radius 1 is 1.54 bits per heavy atom. The Kier molecular flexibility index (Phi) is 4.35. The van der Waals surface area contributed by atoms with E-state index in [1.807, 2.05) is 0 Å². The summed E-state index contributed by atoms with van der Waals surface area (Å²) in [6, 6.07) is -0.488. The molecule has 0 amide bonds. The van der Waals surface area contributed by atoms with Crippen LogP contribution in [0.3, 0.4) is 0 Å². The summed E-state index contributed by atoms with van der Waals surface area (Å²) in [5.41, 5.74) is 0. The first-order valence-electron chi connectivity index (χ1n) is 3.97. The molecule has 1 N–H and O–H groups in total. The van der Waals surface area contributed by atoms with Gasteiger partial charge in [-0.1, -0.05) is 6.92 Å². The molecule has 0 aliphatic heterocycles. The van der Waals surface area contributed by atoms with E-state index in [2.05, 4.69) is 0 Å². The van der Waals surface area contributed by atoms with Gasteiger partial charge in [0.05, 0.1) is 12.7 Å². The highest BCUT2D eigenvalue weighted by Crippen LogP contribution is 2.08. The van der Waals surface area contributed by atoms with Crippen molar-refractivity contribution in [2.45, 2.75) is 26.3 Å².